The van der Waals surface area contributed by atoms with Crippen LogP contribution in [0.4, 0.5) is 0 Å². The van der Waals surface area contributed by atoms with Gasteiger partial charge in [-0.15, -0.1) is 0 Å². The first-order valence-corrected chi connectivity index (χ1v) is 18.2. The number of carboxylic acids is 1. The van der Waals surface area contributed by atoms with Crippen LogP contribution in [0, 0.1) is 11.8 Å². The lowest BCUT2D eigenvalue weighted by Crippen LogP contribution is -2.56. The predicted molar refractivity (Wildman–Crippen MR) is 201 cm³/mol. The van der Waals surface area contributed by atoms with Crippen LogP contribution in [-0.2, 0) is 47.9 Å². The first kappa shape index (κ1) is 49.4. The quantitative estimate of drug-likeness (QED) is 0.0408. The highest BCUT2D eigenvalue weighted by Gasteiger charge is 2.29. The lowest BCUT2D eigenvalue weighted by atomic mass is 10.0. The van der Waals surface area contributed by atoms with E-state index in [4.69, 9.17) is 10.8 Å². The Morgan fingerprint density at radius 3 is 1.37 bits per heavy atom. The molecule has 0 aromatic rings. The SMILES string of the molecule is CC(C)C[C@H](NC(=O)[C@@H](N)CS)C(=O)NCC(=O)N[C@@H](C)C(=O)NCC(=O)NCC(=O)N[C@@H](C)C(=O)NCC(=O)N[C@H](C(=O)N[C@@H](CS)C(=O)O)C(C)C. The molecule has 0 bridgehead atoms. The maximum Gasteiger partial charge on any atom is 0.327 e. The molecule has 306 valence electrons. The molecule has 0 aromatic heterocycles. The van der Waals surface area contributed by atoms with Crippen molar-refractivity contribution in [3.63, 3.8) is 0 Å². The van der Waals surface area contributed by atoms with Crippen molar-refractivity contribution in [2.45, 2.75) is 84.2 Å². The molecular formula is C31H54N10O11S2. The largest absolute Gasteiger partial charge is 0.480 e. The van der Waals surface area contributed by atoms with E-state index in [9.17, 15) is 47.9 Å². The van der Waals surface area contributed by atoms with Gasteiger partial charge in [-0.3, -0.25) is 43.2 Å². The van der Waals surface area contributed by atoms with Crippen molar-refractivity contribution in [1.29, 1.82) is 0 Å². The lowest BCUT2D eigenvalue weighted by Gasteiger charge is -2.23. The fourth-order valence-electron chi connectivity index (χ4n) is 4.16. The third kappa shape index (κ3) is 20.0. The molecule has 6 atom stereocenters. The summed E-state index contributed by atoms with van der Waals surface area (Å²) in [7, 11) is 0. The Hall–Kier alpha value is -4.64. The maximum atomic E-state index is 12.6. The molecule has 0 aromatic carbocycles. The topological polar surface area (TPSA) is 325 Å². The summed E-state index contributed by atoms with van der Waals surface area (Å²) in [6, 6.07) is -6.54. The summed E-state index contributed by atoms with van der Waals surface area (Å²) in [5.74, 6) is -8.34. The van der Waals surface area contributed by atoms with Crippen LogP contribution in [0.15, 0.2) is 0 Å². The Morgan fingerprint density at radius 1 is 0.519 bits per heavy atom. The second kappa shape index (κ2) is 25.4. The molecule has 0 fully saturated rings. The normalized spacial score (nSPS) is 14.1. The molecule has 0 saturated carbocycles. The number of thiol groups is 2. The third-order valence-corrected chi connectivity index (χ3v) is 7.95. The van der Waals surface area contributed by atoms with E-state index in [1.165, 1.54) is 13.8 Å². The molecule has 12 N–H and O–H groups in total. The van der Waals surface area contributed by atoms with Crippen LogP contribution in [-0.4, -0.2) is 138 Å². The van der Waals surface area contributed by atoms with Gasteiger partial charge in [0.25, 0.3) is 0 Å². The van der Waals surface area contributed by atoms with Crippen LogP contribution in [0.1, 0.15) is 48.0 Å². The Balaban J connectivity index is 4.66. The number of hydrogen-bond donors (Lipinski definition) is 13. The van der Waals surface area contributed by atoms with Gasteiger partial charge in [0, 0.05) is 11.5 Å². The van der Waals surface area contributed by atoms with E-state index in [2.05, 4.69) is 73.1 Å². The number of amides is 9. The van der Waals surface area contributed by atoms with E-state index in [1.54, 1.807) is 13.8 Å². The van der Waals surface area contributed by atoms with Crippen molar-refractivity contribution < 1.29 is 53.1 Å². The number of rotatable bonds is 24. The van der Waals surface area contributed by atoms with Crippen molar-refractivity contribution in [2.75, 3.05) is 37.7 Å². The Bertz CT molecular complexity index is 1370. The van der Waals surface area contributed by atoms with Crippen molar-refractivity contribution in [3.05, 3.63) is 0 Å². The average Bonchev–Trinajstić information content (AvgIpc) is 3.10. The van der Waals surface area contributed by atoms with Crippen molar-refractivity contribution in [3.8, 4) is 0 Å². The first-order valence-electron chi connectivity index (χ1n) is 16.9. The zero-order chi connectivity index (χ0) is 41.7. The molecule has 23 heteroatoms. The van der Waals surface area contributed by atoms with Crippen molar-refractivity contribution in [2.24, 2.45) is 17.6 Å². The summed E-state index contributed by atoms with van der Waals surface area (Å²) in [5.41, 5.74) is 5.65. The molecule has 0 saturated heterocycles. The summed E-state index contributed by atoms with van der Waals surface area (Å²) >= 11 is 7.84. The van der Waals surface area contributed by atoms with E-state index >= 15 is 0 Å². The van der Waals surface area contributed by atoms with E-state index in [-0.39, 0.29) is 23.8 Å². The number of nitrogens with two attached hydrogens (primary N) is 1. The summed E-state index contributed by atoms with van der Waals surface area (Å²) in [4.78, 5) is 122. The Labute approximate surface area is 324 Å². The zero-order valence-corrected chi connectivity index (χ0v) is 32.9. The van der Waals surface area contributed by atoms with Gasteiger partial charge in [0.1, 0.15) is 30.2 Å². The van der Waals surface area contributed by atoms with Gasteiger partial charge in [0.2, 0.25) is 53.2 Å². The van der Waals surface area contributed by atoms with Crippen LogP contribution in [0.5, 0.6) is 0 Å². The molecule has 0 rings (SSSR count). The molecule has 0 unspecified atom stereocenters. The molecule has 9 amide bonds. The van der Waals surface area contributed by atoms with Crippen molar-refractivity contribution >= 4 is 84.4 Å². The van der Waals surface area contributed by atoms with Gasteiger partial charge in [-0.2, -0.15) is 25.3 Å². The summed E-state index contributed by atoms with van der Waals surface area (Å²) in [6.45, 7) is 7.34. The zero-order valence-electron chi connectivity index (χ0n) is 31.1. The van der Waals surface area contributed by atoms with Crippen LogP contribution >= 0.6 is 25.3 Å². The van der Waals surface area contributed by atoms with Crippen LogP contribution < -0.4 is 53.6 Å². The highest BCUT2D eigenvalue weighted by Crippen LogP contribution is 2.06. The Kier molecular flexibility index (Phi) is 23.2. The van der Waals surface area contributed by atoms with E-state index in [1.807, 2.05) is 13.8 Å². The van der Waals surface area contributed by atoms with Crippen LogP contribution in [0.25, 0.3) is 0 Å². The van der Waals surface area contributed by atoms with Gasteiger partial charge in [0.05, 0.1) is 32.2 Å². The molecule has 0 aliphatic carbocycles. The Morgan fingerprint density at radius 2 is 0.944 bits per heavy atom. The fraction of sp³-hybridized carbons (Fsp3) is 0.677. The lowest BCUT2D eigenvalue weighted by molar-refractivity contribution is -0.141. The number of carboxylic acid groups (broad SMARTS) is 1. The maximum absolute atomic E-state index is 12.6. The minimum absolute atomic E-state index is 0.0232. The molecule has 0 aliphatic heterocycles. The smallest absolute Gasteiger partial charge is 0.327 e. The standard InChI is InChI=1S/C31H54N10O11S2/c1-14(2)7-19(39-28(48)18(32)12-53)29(49)36-10-23(44)38-16(5)26(46)34-8-21(42)33-9-22(43)37-17(6)27(47)35-11-24(45)41-25(15(3)4)30(50)40-20(13-54)31(51)52/h14-20,25,53-54H,7-13,32H2,1-6H3,(H,33,42)(H,34,46)(H,35,47)(H,36,49)(H,37,43)(H,38,44)(H,39,48)(H,40,50)(H,41,45)(H,51,52)/t16-,17-,18-,19-,20-,25-/m0/s1. The molecule has 54 heavy (non-hydrogen) atoms. The van der Waals surface area contributed by atoms with Crippen molar-refractivity contribution in [1.82, 2.24) is 47.9 Å². The number of carbonyl (C=O) groups is 10. The molecule has 0 spiro atoms. The summed E-state index contributed by atoms with van der Waals surface area (Å²) in [5, 5.41) is 30.2. The highest BCUT2D eigenvalue weighted by molar-refractivity contribution is 7.80. The van der Waals surface area contributed by atoms with Gasteiger partial charge in [-0.25, -0.2) is 4.79 Å². The average molecular weight is 807 g/mol. The molecule has 0 aliphatic rings. The van der Waals surface area contributed by atoms with E-state index < -0.39 is 127 Å². The number of nitrogens with one attached hydrogen (secondary N) is 9. The minimum Gasteiger partial charge on any atom is -0.480 e. The number of aliphatic carboxylic acids is 1. The molecule has 0 radical (unpaired) electrons. The van der Waals surface area contributed by atoms with Gasteiger partial charge in [0.15, 0.2) is 0 Å². The second-order valence-corrected chi connectivity index (χ2v) is 13.6. The molecular weight excluding hydrogens is 753 g/mol. The second-order valence-electron chi connectivity index (χ2n) is 12.9. The monoisotopic (exact) mass is 806 g/mol. The van der Waals surface area contributed by atoms with Gasteiger partial charge >= 0.3 is 5.97 Å². The number of hydrogen-bond acceptors (Lipinski definition) is 13. The predicted octanol–water partition coefficient (Wildman–Crippen LogP) is -5.11. The van der Waals surface area contributed by atoms with Gasteiger partial charge in [-0.1, -0.05) is 27.7 Å². The molecule has 21 nitrogen and oxygen atoms in total. The van der Waals surface area contributed by atoms with Crippen LogP contribution in [0.3, 0.4) is 0 Å². The van der Waals surface area contributed by atoms with E-state index in [0.717, 1.165) is 0 Å². The van der Waals surface area contributed by atoms with E-state index in [0.29, 0.717) is 0 Å². The van der Waals surface area contributed by atoms with Crippen LogP contribution in [0.2, 0.25) is 0 Å². The van der Waals surface area contributed by atoms with Gasteiger partial charge < -0.3 is 58.7 Å². The summed E-state index contributed by atoms with van der Waals surface area (Å²) in [6.07, 6.45) is 0.274. The fourth-order valence-corrected chi connectivity index (χ4v) is 4.57. The first-order chi connectivity index (χ1) is 25.1. The number of carbonyl (C=O) groups excluding carboxylic acids is 9. The summed E-state index contributed by atoms with van der Waals surface area (Å²) < 4.78 is 0. The van der Waals surface area contributed by atoms with Gasteiger partial charge in [-0.05, 0) is 32.1 Å². The minimum atomic E-state index is -1.30. The molecule has 0 heterocycles. The highest BCUT2D eigenvalue weighted by atomic mass is 32.1. The third-order valence-electron chi connectivity index (χ3n) is 7.19.